The maximum atomic E-state index is 13.6. The molecule has 0 radical (unpaired) electrons. The molecule has 1 saturated carbocycles. The van der Waals surface area contributed by atoms with E-state index in [2.05, 4.69) is 0 Å². The van der Waals surface area contributed by atoms with Gasteiger partial charge in [-0.2, -0.15) is 4.39 Å². The molecule has 5 nitrogen and oxygen atoms in total. The van der Waals surface area contributed by atoms with Gasteiger partial charge in [0.1, 0.15) is 11.5 Å². The fraction of sp³-hybridized carbons (Fsp3) is 0.538. The summed E-state index contributed by atoms with van der Waals surface area (Å²) in [6, 6.07) is 1.52. The van der Waals surface area contributed by atoms with E-state index in [9.17, 15) is 24.0 Å². The van der Waals surface area contributed by atoms with Gasteiger partial charge in [-0.25, -0.2) is 4.39 Å². The van der Waals surface area contributed by atoms with Crippen molar-refractivity contribution in [3.05, 3.63) is 33.9 Å². The van der Waals surface area contributed by atoms with Crippen LogP contribution in [0.4, 0.5) is 20.2 Å². The standard InChI is InChI=1S/C13H14F2N2O3/c14-8-3-10(15)13(17(19)20)11(4-8)16-5-7-1-2-12(18)9(7)6-16/h3-4,7,9,12,18H,1-2,5-6H2. The first-order valence-electron chi connectivity index (χ1n) is 6.54. The van der Waals surface area contributed by atoms with Crippen molar-refractivity contribution in [3.63, 3.8) is 0 Å². The van der Waals surface area contributed by atoms with Crippen molar-refractivity contribution in [1.82, 2.24) is 0 Å². The summed E-state index contributed by atoms with van der Waals surface area (Å²) < 4.78 is 27.0. The molecule has 1 N–H and O–H groups in total. The van der Waals surface area contributed by atoms with Gasteiger partial charge >= 0.3 is 5.69 Å². The highest BCUT2D eigenvalue weighted by Crippen LogP contribution is 2.42. The van der Waals surface area contributed by atoms with Crippen molar-refractivity contribution in [3.8, 4) is 0 Å². The highest BCUT2D eigenvalue weighted by molar-refractivity contribution is 5.64. The second kappa shape index (κ2) is 4.66. The number of anilines is 1. The average molecular weight is 284 g/mol. The van der Waals surface area contributed by atoms with Crippen LogP contribution >= 0.6 is 0 Å². The molecule has 0 spiro atoms. The van der Waals surface area contributed by atoms with Gasteiger partial charge in [0.2, 0.25) is 5.82 Å². The first-order chi connectivity index (χ1) is 9.47. The van der Waals surface area contributed by atoms with Crippen LogP contribution in [0.25, 0.3) is 0 Å². The Morgan fingerprint density at radius 2 is 2.05 bits per heavy atom. The number of aliphatic hydroxyl groups excluding tert-OH is 1. The number of rotatable bonds is 2. The molecule has 7 heteroatoms. The maximum absolute atomic E-state index is 13.6. The number of hydrogen-bond donors (Lipinski definition) is 1. The van der Waals surface area contributed by atoms with E-state index in [1.165, 1.54) is 0 Å². The second-order valence-corrected chi connectivity index (χ2v) is 5.49. The number of hydrogen-bond acceptors (Lipinski definition) is 4. The van der Waals surface area contributed by atoms with Crippen LogP contribution in [0.5, 0.6) is 0 Å². The Kier molecular flexibility index (Phi) is 3.08. The molecular formula is C13H14F2N2O3. The lowest BCUT2D eigenvalue weighted by molar-refractivity contribution is -0.386. The molecule has 3 rings (SSSR count). The van der Waals surface area contributed by atoms with E-state index in [-0.39, 0.29) is 17.5 Å². The number of fused-ring (bicyclic) bond motifs is 1. The van der Waals surface area contributed by atoms with Gasteiger partial charge in [0, 0.05) is 31.1 Å². The van der Waals surface area contributed by atoms with Gasteiger partial charge in [-0.3, -0.25) is 10.1 Å². The number of benzene rings is 1. The van der Waals surface area contributed by atoms with Crippen molar-refractivity contribution in [2.24, 2.45) is 11.8 Å². The lowest BCUT2D eigenvalue weighted by Crippen LogP contribution is -2.25. The van der Waals surface area contributed by atoms with Crippen molar-refractivity contribution < 1.29 is 18.8 Å². The van der Waals surface area contributed by atoms with Crippen LogP contribution in [0, 0.1) is 33.6 Å². The Balaban J connectivity index is 1.97. The van der Waals surface area contributed by atoms with Crippen molar-refractivity contribution in [1.29, 1.82) is 0 Å². The Hall–Kier alpha value is -1.76. The number of halogens is 2. The summed E-state index contributed by atoms with van der Waals surface area (Å²) >= 11 is 0. The largest absolute Gasteiger partial charge is 0.393 e. The van der Waals surface area contributed by atoms with E-state index >= 15 is 0 Å². The second-order valence-electron chi connectivity index (χ2n) is 5.49. The molecule has 108 valence electrons. The van der Waals surface area contributed by atoms with E-state index in [1.54, 1.807) is 4.90 Å². The van der Waals surface area contributed by atoms with E-state index in [0.717, 1.165) is 18.9 Å². The summed E-state index contributed by atoms with van der Waals surface area (Å²) in [5, 5.41) is 20.8. The zero-order valence-corrected chi connectivity index (χ0v) is 10.6. The van der Waals surface area contributed by atoms with Crippen LogP contribution in [-0.4, -0.2) is 29.2 Å². The zero-order chi connectivity index (χ0) is 14.4. The molecule has 2 aliphatic rings. The number of nitro groups is 1. The predicted molar refractivity (Wildman–Crippen MR) is 67.4 cm³/mol. The minimum absolute atomic E-state index is 0.0286. The molecule has 1 aliphatic heterocycles. The summed E-state index contributed by atoms with van der Waals surface area (Å²) in [6.45, 7) is 0.890. The van der Waals surface area contributed by atoms with Crippen molar-refractivity contribution in [2.45, 2.75) is 18.9 Å². The lowest BCUT2D eigenvalue weighted by Gasteiger charge is -2.20. The Labute approximate surface area is 114 Å². The minimum atomic E-state index is -1.16. The molecule has 1 heterocycles. The van der Waals surface area contributed by atoms with Crippen LogP contribution in [0.15, 0.2) is 12.1 Å². The van der Waals surface area contributed by atoms with E-state index in [4.69, 9.17) is 0 Å². The van der Waals surface area contributed by atoms with Gasteiger partial charge in [0.05, 0.1) is 11.0 Å². The van der Waals surface area contributed by atoms with Gasteiger partial charge in [-0.05, 0) is 18.8 Å². The fourth-order valence-electron chi connectivity index (χ4n) is 3.41. The third-order valence-electron chi connectivity index (χ3n) is 4.35. The molecule has 20 heavy (non-hydrogen) atoms. The SMILES string of the molecule is O=[N+]([O-])c1c(F)cc(F)cc1N1CC2CCC(O)C2C1. The maximum Gasteiger partial charge on any atom is 0.328 e. The van der Waals surface area contributed by atoms with E-state index in [1.807, 2.05) is 0 Å². The molecule has 0 bridgehead atoms. The summed E-state index contributed by atoms with van der Waals surface area (Å²) in [5.74, 6) is -1.74. The van der Waals surface area contributed by atoms with Crippen LogP contribution < -0.4 is 4.90 Å². The molecule has 0 amide bonds. The molecule has 1 aliphatic carbocycles. The van der Waals surface area contributed by atoms with Gasteiger partial charge in [0.25, 0.3) is 0 Å². The molecule has 3 unspecified atom stereocenters. The molecule has 2 fully saturated rings. The Morgan fingerprint density at radius 1 is 1.30 bits per heavy atom. The van der Waals surface area contributed by atoms with Crippen LogP contribution in [-0.2, 0) is 0 Å². The smallest absolute Gasteiger partial charge is 0.328 e. The van der Waals surface area contributed by atoms with Gasteiger partial charge in [0.15, 0.2) is 0 Å². The molecule has 1 aromatic carbocycles. The number of nitro benzene ring substituents is 1. The topological polar surface area (TPSA) is 66.6 Å². The summed E-state index contributed by atoms with van der Waals surface area (Å²) in [5.41, 5.74) is -0.727. The molecule has 0 aromatic heterocycles. The highest BCUT2D eigenvalue weighted by Gasteiger charge is 2.43. The van der Waals surface area contributed by atoms with Gasteiger partial charge in [-0.15, -0.1) is 0 Å². The third-order valence-corrected chi connectivity index (χ3v) is 4.35. The summed E-state index contributed by atoms with van der Waals surface area (Å²) in [6.07, 6.45) is 1.14. The van der Waals surface area contributed by atoms with Gasteiger partial charge in [-0.1, -0.05) is 0 Å². The first-order valence-corrected chi connectivity index (χ1v) is 6.54. The van der Waals surface area contributed by atoms with E-state index < -0.39 is 28.3 Å². The number of nitrogens with zero attached hydrogens (tertiary/aromatic N) is 2. The van der Waals surface area contributed by atoms with E-state index in [0.29, 0.717) is 19.2 Å². The normalized spacial score (nSPS) is 28.8. The zero-order valence-electron chi connectivity index (χ0n) is 10.6. The van der Waals surface area contributed by atoms with Crippen molar-refractivity contribution >= 4 is 11.4 Å². The Morgan fingerprint density at radius 3 is 2.70 bits per heavy atom. The van der Waals surface area contributed by atoms with Crippen LogP contribution in [0.3, 0.4) is 0 Å². The summed E-state index contributed by atoms with van der Waals surface area (Å²) in [7, 11) is 0. The molecule has 3 atom stereocenters. The monoisotopic (exact) mass is 284 g/mol. The highest BCUT2D eigenvalue weighted by atomic mass is 19.1. The summed E-state index contributed by atoms with van der Waals surface area (Å²) in [4.78, 5) is 11.8. The molecule has 1 aromatic rings. The molecule has 1 saturated heterocycles. The fourth-order valence-corrected chi connectivity index (χ4v) is 3.41. The Bertz CT molecular complexity index is 567. The van der Waals surface area contributed by atoms with Gasteiger partial charge < -0.3 is 10.0 Å². The minimum Gasteiger partial charge on any atom is -0.393 e. The first kappa shape index (κ1) is 13.2. The lowest BCUT2D eigenvalue weighted by atomic mass is 10.00. The molecular weight excluding hydrogens is 270 g/mol. The quantitative estimate of drug-likeness (QED) is 0.667. The average Bonchev–Trinajstić information content (AvgIpc) is 2.90. The third kappa shape index (κ3) is 2.02. The number of aliphatic hydroxyl groups is 1. The van der Waals surface area contributed by atoms with Crippen molar-refractivity contribution in [2.75, 3.05) is 18.0 Å². The van der Waals surface area contributed by atoms with Crippen LogP contribution in [0.1, 0.15) is 12.8 Å². The van der Waals surface area contributed by atoms with Crippen LogP contribution in [0.2, 0.25) is 0 Å². The predicted octanol–water partition coefficient (Wildman–Crippen LogP) is 2.08.